The van der Waals surface area contributed by atoms with Gasteiger partial charge >= 0.3 is 5.97 Å². The third-order valence-corrected chi connectivity index (χ3v) is 5.39. The number of hydrogen-bond donors (Lipinski definition) is 1. The zero-order chi connectivity index (χ0) is 20.1. The number of esters is 1. The number of methoxy groups -OCH3 is 1. The van der Waals surface area contributed by atoms with Gasteiger partial charge < -0.3 is 14.5 Å². The number of aryl methyl sites for hydroxylation is 1. The topological polar surface area (TPSA) is 51.3 Å². The van der Waals surface area contributed by atoms with E-state index >= 15 is 0 Å². The summed E-state index contributed by atoms with van der Waals surface area (Å²) >= 11 is 0. The van der Waals surface area contributed by atoms with E-state index in [2.05, 4.69) is 56.1 Å². The molecular formula is C24H29NO3. The minimum Gasteiger partial charge on any atom is -0.493 e. The predicted octanol–water partition coefficient (Wildman–Crippen LogP) is 5.61. The van der Waals surface area contributed by atoms with Gasteiger partial charge in [-0.15, -0.1) is 0 Å². The molecule has 0 amide bonds. The molecule has 1 heterocycles. The maximum atomic E-state index is 11.5. The number of hydrogen-bond acceptors (Lipinski definition) is 3. The van der Waals surface area contributed by atoms with Crippen LogP contribution in [0.2, 0.25) is 0 Å². The summed E-state index contributed by atoms with van der Waals surface area (Å²) in [5, 5.41) is 1.17. The van der Waals surface area contributed by atoms with Crippen molar-refractivity contribution in [2.75, 3.05) is 13.7 Å². The van der Waals surface area contributed by atoms with Gasteiger partial charge in [-0.1, -0.05) is 32.9 Å². The first-order valence-electron chi connectivity index (χ1n) is 9.88. The van der Waals surface area contributed by atoms with Gasteiger partial charge in [-0.3, -0.25) is 4.79 Å². The molecule has 1 N–H and O–H groups in total. The van der Waals surface area contributed by atoms with Crippen molar-refractivity contribution >= 4 is 16.9 Å². The van der Waals surface area contributed by atoms with Crippen molar-refractivity contribution in [2.45, 2.75) is 33.6 Å². The smallest absolute Gasteiger partial charge is 0.305 e. The summed E-state index contributed by atoms with van der Waals surface area (Å²) < 4.78 is 11.0. The van der Waals surface area contributed by atoms with Gasteiger partial charge in [0.05, 0.1) is 13.7 Å². The Morgan fingerprint density at radius 2 is 1.89 bits per heavy atom. The van der Waals surface area contributed by atoms with E-state index < -0.39 is 0 Å². The van der Waals surface area contributed by atoms with Crippen LogP contribution in [0.15, 0.2) is 48.7 Å². The average molecular weight is 380 g/mol. The maximum Gasteiger partial charge on any atom is 0.305 e. The standard InChI is InChI=1S/C24H29NO3/c1-16(2)17(3)15-28-23-9-5-18(6-10-24(26)27-4)13-21(23)19-7-8-22-20(14-19)11-12-25-22/h5,7-9,11-14,16-17,25H,6,10,15H2,1-4H3. The van der Waals surface area contributed by atoms with Crippen LogP contribution < -0.4 is 4.74 Å². The largest absolute Gasteiger partial charge is 0.493 e. The van der Waals surface area contributed by atoms with E-state index in [-0.39, 0.29) is 5.97 Å². The second-order valence-corrected chi connectivity index (χ2v) is 7.72. The van der Waals surface area contributed by atoms with Crippen molar-refractivity contribution in [3.8, 4) is 16.9 Å². The number of carbonyl (C=O) groups is 1. The SMILES string of the molecule is COC(=O)CCc1ccc(OCC(C)C(C)C)c(-c2ccc3[nH]ccc3c2)c1. The molecule has 4 heteroatoms. The molecule has 0 bridgehead atoms. The number of rotatable bonds is 8. The molecule has 1 aromatic heterocycles. The molecule has 3 rings (SSSR count). The summed E-state index contributed by atoms with van der Waals surface area (Å²) in [7, 11) is 1.42. The van der Waals surface area contributed by atoms with E-state index in [0.717, 1.165) is 28.0 Å². The Balaban J connectivity index is 1.92. The summed E-state index contributed by atoms with van der Waals surface area (Å²) in [6.45, 7) is 7.31. The van der Waals surface area contributed by atoms with Gasteiger partial charge in [-0.25, -0.2) is 0 Å². The molecule has 3 aromatic rings. The van der Waals surface area contributed by atoms with E-state index in [1.54, 1.807) is 0 Å². The minimum atomic E-state index is -0.193. The Kier molecular flexibility index (Phi) is 6.40. The van der Waals surface area contributed by atoms with E-state index in [4.69, 9.17) is 9.47 Å². The number of nitrogens with one attached hydrogen (secondary N) is 1. The average Bonchev–Trinajstić information content (AvgIpc) is 3.18. The third-order valence-electron chi connectivity index (χ3n) is 5.39. The molecule has 0 saturated carbocycles. The zero-order valence-electron chi connectivity index (χ0n) is 17.1. The van der Waals surface area contributed by atoms with Crippen LogP contribution in [-0.4, -0.2) is 24.7 Å². The number of H-pyrrole nitrogens is 1. The van der Waals surface area contributed by atoms with Gasteiger partial charge in [0.1, 0.15) is 5.75 Å². The molecule has 0 aliphatic carbocycles. The van der Waals surface area contributed by atoms with E-state index in [1.807, 2.05) is 18.3 Å². The van der Waals surface area contributed by atoms with Crippen molar-refractivity contribution < 1.29 is 14.3 Å². The molecule has 0 fully saturated rings. The monoisotopic (exact) mass is 379 g/mol. The van der Waals surface area contributed by atoms with Crippen molar-refractivity contribution in [1.82, 2.24) is 4.98 Å². The summed E-state index contributed by atoms with van der Waals surface area (Å²) in [4.78, 5) is 14.7. The molecular weight excluding hydrogens is 350 g/mol. The molecule has 1 unspecified atom stereocenters. The predicted molar refractivity (Wildman–Crippen MR) is 114 cm³/mol. The molecule has 4 nitrogen and oxygen atoms in total. The summed E-state index contributed by atoms with van der Waals surface area (Å²) in [6.07, 6.45) is 2.97. The summed E-state index contributed by atoms with van der Waals surface area (Å²) in [5.74, 6) is 1.73. The molecule has 0 spiro atoms. The van der Waals surface area contributed by atoms with Crippen LogP contribution in [-0.2, 0) is 16.0 Å². The van der Waals surface area contributed by atoms with Crippen LogP contribution in [0.1, 0.15) is 32.8 Å². The Morgan fingerprint density at radius 3 is 2.64 bits per heavy atom. The lowest BCUT2D eigenvalue weighted by molar-refractivity contribution is -0.140. The Labute approximate surface area is 166 Å². The fraction of sp³-hybridized carbons (Fsp3) is 0.375. The number of carbonyl (C=O) groups excluding carboxylic acids is 1. The first kappa shape index (κ1) is 20.0. The lowest BCUT2D eigenvalue weighted by Gasteiger charge is -2.19. The van der Waals surface area contributed by atoms with Crippen LogP contribution in [0.3, 0.4) is 0 Å². The molecule has 1 atom stereocenters. The van der Waals surface area contributed by atoms with Gasteiger partial charge in [0, 0.05) is 23.7 Å². The van der Waals surface area contributed by atoms with E-state index in [9.17, 15) is 4.79 Å². The van der Waals surface area contributed by atoms with Gasteiger partial charge in [-0.05, 0) is 65.1 Å². The first-order chi connectivity index (χ1) is 13.5. The molecule has 148 valence electrons. The number of benzene rings is 2. The van der Waals surface area contributed by atoms with Gasteiger partial charge in [0.15, 0.2) is 0 Å². The lowest BCUT2D eigenvalue weighted by Crippen LogP contribution is -2.14. The van der Waals surface area contributed by atoms with Crippen LogP contribution in [0.5, 0.6) is 5.75 Å². The van der Waals surface area contributed by atoms with E-state index in [1.165, 1.54) is 12.5 Å². The van der Waals surface area contributed by atoms with Crippen molar-refractivity contribution in [3.63, 3.8) is 0 Å². The number of aromatic nitrogens is 1. The quantitative estimate of drug-likeness (QED) is 0.517. The molecule has 0 aliphatic heterocycles. The second-order valence-electron chi connectivity index (χ2n) is 7.72. The van der Waals surface area contributed by atoms with Crippen molar-refractivity contribution in [3.05, 3.63) is 54.2 Å². The summed E-state index contributed by atoms with van der Waals surface area (Å²) in [5.41, 5.74) is 4.38. The highest BCUT2D eigenvalue weighted by Crippen LogP contribution is 2.34. The highest BCUT2D eigenvalue weighted by Gasteiger charge is 2.13. The van der Waals surface area contributed by atoms with Gasteiger partial charge in [0.2, 0.25) is 0 Å². The Bertz CT molecular complexity index is 942. The molecule has 0 saturated heterocycles. The highest BCUT2D eigenvalue weighted by molar-refractivity contribution is 5.86. The van der Waals surface area contributed by atoms with Crippen LogP contribution in [0.25, 0.3) is 22.0 Å². The number of aromatic amines is 1. The Hall–Kier alpha value is -2.75. The normalized spacial score (nSPS) is 12.3. The van der Waals surface area contributed by atoms with Crippen LogP contribution in [0, 0.1) is 11.8 Å². The molecule has 0 aliphatic rings. The lowest BCUT2D eigenvalue weighted by atomic mass is 9.98. The minimum absolute atomic E-state index is 0.193. The van der Waals surface area contributed by atoms with Crippen LogP contribution in [0.4, 0.5) is 0 Å². The molecule has 28 heavy (non-hydrogen) atoms. The molecule has 2 aromatic carbocycles. The summed E-state index contributed by atoms with van der Waals surface area (Å²) in [6, 6.07) is 14.6. The fourth-order valence-corrected chi connectivity index (χ4v) is 3.07. The van der Waals surface area contributed by atoms with E-state index in [0.29, 0.717) is 31.3 Å². The maximum absolute atomic E-state index is 11.5. The second kappa shape index (κ2) is 8.96. The number of ether oxygens (including phenoxy) is 2. The van der Waals surface area contributed by atoms with Gasteiger partial charge in [-0.2, -0.15) is 0 Å². The highest BCUT2D eigenvalue weighted by atomic mass is 16.5. The fourth-order valence-electron chi connectivity index (χ4n) is 3.07. The van der Waals surface area contributed by atoms with Crippen LogP contribution >= 0.6 is 0 Å². The third kappa shape index (κ3) is 4.75. The first-order valence-corrected chi connectivity index (χ1v) is 9.88. The number of fused-ring (bicyclic) bond motifs is 1. The Morgan fingerprint density at radius 1 is 1.07 bits per heavy atom. The molecule has 0 radical (unpaired) electrons. The van der Waals surface area contributed by atoms with Gasteiger partial charge in [0.25, 0.3) is 0 Å². The van der Waals surface area contributed by atoms with Crippen molar-refractivity contribution in [1.29, 1.82) is 0 Å². The zero-order valence-corrected chi connectivity index (χ0v) is 17.1. The van der Waals surface area contributed by atoms with Crippen molar-refractivity contribution in [2.24, 2.45) is 11.8 Å².